The van der Waals surface area contributed by atoms with Gasteiger partial charge >= 0.3 is 5.97 Å². The maximum absolute atomic E-state index is 13.3. The second kappa shape index (κ2) is 9.95. The van der Waals surface area contributed by atoms with Crippen LogP contribution in [0.5, 0.6) is 5.75 Å². The first-order valence-electron chi connectivity index (χ1n) is 11.2. The van der Waals surface area contributed by atoms with Gasteiger partial charge in [-0.05, 0) is 45.4 Å². The third kappa shape index (κ3) is 5.29. The number of ether oxygens (including phenoxy) is 2. The average Bonchev–Trinajstić information content (AvgIpc) is 3.19. The van der Waals surface area contributed by atoms with Crippen LogP contribution in [-0.2, 0) is 22.5 Å². The zero-order valence-electron chi connectivity index (χ0n) is 19.7. The van der Waals surface area contributed by atoms with E-state index in [9.17, 15) is 14.7 Å². The van der Waals surface area contributed by atoms with Gasteiger partial charge in [0, 0.05) is 17.5 Å². The van der Waals surface area contributed by atoms with Crippen molar-refractivity contribution in [3.05, 3.63) is 69.7 Å². The molecule has 4 rings (SSSR count). The van der Waals surface area contributed by atoms with Gasteiger partial charge < -0.3 is 19.5 Å². The number of carboxylic acid groups (broad SMARTS) is 1. The van der Waals surface area contributed by atoms with Crippen molar-refractivity contribution in [2.75, 3.05) is 6.73 Å². The van der Waals surface area contributed by atoms with Gasteiger partial charge in [-0.25, -0.2) is 9.78 Å². The summed E-state index contributed by atoms with van der Waals surface area (Å²) in [6, 6.07) is 13.6. The summed E-state index contributed by atoms with van der Waals surface area (Å²) in [7, 11) is 0. The van der Waals surface area contributed by atoms with E-state index in [4.69, 9.17) is 9.47 Å². The molecule has 1 aromatic heterocycles. The Morgan fingerprint density at radius 2 is 2.00 bits per heavy atom. The molecule has 3 aromatic rings. The first kappa shape index (κ1) is 23.9. The molecule has 0 aliphatic carbocycles. The van der Waals surface area contributed by atoms with Crippen molar-refractivity contribution in [2.24, 2.45) is 0 Å². The molecular formula is C26H28N2O5S. The van der Waals surface area contributed by atoms with Crippen molar-refractivity contribution < 1.29 is 24.2 Å². The molecule has 1 aliphatic rings. The number of carbonyl (C=O) groups is 2. The summed E-state index contributed by atoms with van der Waals surface area (Å²) in [5.74, 6) is -0.424. The van der Waals surface area contributed by atoms with Gasteiger partial charge in [-0.2, -0.15) is 0 Å². The van der Waals surface area contributed by atoms with Crippen LogP contribution in [0.1, 0.15) is 45.9 Å². The normalized spacial score (nSPS) is 14.0. The lowest BCUT2D eigenvalue weighted by Crippen LogP contribution is -2.37. The van der Waals surface area contributed by atoms with Gasteiger partial charge in [-0.1, -0.05) is 35.9 Å². The minimum Gasteiger partial charge on any atom is -0.479 e. The molecule has 0 fully saturated rings. The second-order valence-electron chi connectivity index (χ2n) is 8.74. The third-order valence-electron chi connectivity index (χ3n) is 5.54. The predicted octanol–water partition coefficient (Wildman–Crippen LogP) is 4.84. The Hall–Kier alpha value is -3.23. The largest absolute Gasteiger partial charge is 0.479 e. The topological polar surface area (TPSA) is 89.0 Å². The zero-order chi connectivity index (χ0) is 24.4. The smallest absolute Gasteiger partial charge is 0.333 e. The van der Waals surface area contributed by atoms with Gasteiger partial charge in [-0.3, -0.25) is 4.79 Å². The van der Waals surface area contributed by atoms with Crippen LogP contribution in [0, 0.1) is 13.8 Å². The summed E-state index contributed by atoms with van der Waals surface area (Å²) >= 11 is 1.39. The van der Waals surface area contributed by atoms with E-state index in [0.29, 0.717) is 22.9 Å². The summed E-state index contributed by atoms with van der Waals surface area (Å²) in [6.07, 6.45) is -0.884. The molecule has 0 bridgehead atoms. The highest BCUT2D eigenvalue weighted by Crippen LogP contribution is 2.32. The highest BCUT2D eigenvalue weighted by molar-refractivity contribution is 7.17. The summed E-state index contributed by atoms with van der Waals surface area (Å²) in [6.45, 7) is 8.03. The summed E-state index contributed by atoms with van der Waals surface area (Å²) < 4.78 is 11.4. The molecule has 2 aromatic carbocycles. The van der Waals surface area contributed by atoms with Crippen LogP contribution in [0.2, 0.25) is 0 Å². The van der Waals surface area contributed by atoms with E-state index in [1.807, 2.05) is 64.1 Å². The number of carboxylic acids is 1. The fourth-order valence-electron chi connectivity index (χ4n) is 3.93. The lowest BCUT2D eigenvalue weighted by molar-refractivity contribution is -0.153. The van der Waals surface area contributed by atoms with E-state index in [1.165, 1.54) is 11.3 Å². The Labute approximate surface area is 203 Å². The number of aryl methyl sites for hydroxylation is 2. The van der Waals surface area contributed by atoms with Crippen molar-refractivity contribution in [1.82, 2.24) is 9.88 Å². The van der Waals surface area contributed by atoms with Crippen molar-refractivity contribution in [3.8, 4) is 16.3 Å². The van der Waals surface area contributed by atoms with E-state index < -0.39 is 12.1 Å². The standard InChI is InChI=1S/C26H28N2O5S/c1-15(2)33-22(26(30)31)12-18-8-9-21-20(11-18)13-28(14-32-21)25(29)23-17(4)27-24(34-23)19-7-5-6-16(3)10-19/h5-11,15,22H,12-14H2,1-4H3,(H,30,31). The molecule has 8 heteroatoms. The highest BCUT2D eigenvalue weighted by Gasteiger charge is 2.27. The van der Waals surface area contributed by atoms with Crippen LogP contribution < -0.4 is 4.74 Å². The summed E-state index contributed by atoms with van der Waals surface area (Å²) in [5.41, 5.74) is 4.49. The number of amides is 1. The van der Waals surface area contributed by atoms with Crippen LogP contribution in [0.15, 0.2) is 42.5 Å². The van der Waals surface area contributed by atoms with Crippen molar-refractivity contribution in [3.63, 3.8) is 0 Å². The Kier molecular flexibility index (Phi) is 7.00. The molecule has 7 nitrogen and oxygen atoms in total. The number of benzene rings is 2. The van der Waals surface area contributed by atoms with Crippen LogP contribution in [-0.4, -0.2) is 45.8 Å². The van der Waals surface area contributed by atoms with Crippen LogP contribution in [0.3, 0.4) is 0 Å². The summed E-state index contributed by atoms with van der Waals surface area (Å²) in [4.78, 5) is 31.8. The molecule has 34 heavy (non-hydrogen) atoms. The number of fused-ring (bicyclic) bond motifs is 1. The minimum atomic E-state index is -0.996. The molecule has 178 valence electrons. The molecule has 0 spiro atoms. The Morgan fingerprint density at radius 1 is 1.21 bits per heavy atom. The van der Waals surface area contributed by atoms with Gasteiger partial charge in [0.25, 0.3) is 5.91 Å². The highest BCUT2D eigenvalue weighted by atomic mass is 32.1. The maximum atomic E-state index is 13.3. The number of rotatable bonds is 7. The first-order chi connectivity index (χ1) is 16.2. The quantitative estimate of drug-likeness (QED) is 0.521. The fraction of sp³-hybridized carbons (Fsp3) is 0.346. The molecule has 1 N–H and O–H groups in total. The Bertz CT molecular complexity index is 1220. The van der Waals surface area contributed by atoms with E-state index in [2.05, 4.69) is 11.1 Å². The summed E-state index contributed by atoms with van der Waals surface area (Å²) in [5, 5.41) is 10.3. The molecule has 0 saturated carbocycles. The van der Waals surface area contributed by atoms with E-state index in [0.717, 1.165) is 27.3 Å². The van der Waals surface area contributed by atoms with Gasteiger partial charge in [0.05, 0.1) is 18.3 Å². The van der Waals surface area contributed by atoms with E-state index >= 15 is 0 Å². The average molecular weight is 481 g/mol. The van der Waals surface area contributed by atoms with E-state index in [1.54, 1.807) is 4.90 Å². The SMILES string of the molecule is Cc1cccc(-c2nc(C)c(C(=O)N3COc4ccc(CC(OC(C)C)C(=O)O)cc4C3)s2)c1. The fourth-order valence-corrected chi connectivity index (χ4v) is 4.96. The van der Waals surface area contributed by atoms with Gasteiger partial charge in [-0.15, -0.1) is 11.3 Å². The lowest BCUT2D eigenvalue weighted by Gasteiger charge is -2.29. The number of hydrogen-bond acceptors (Lipinski definition) is 6. The number of nitrogens with zero attached hydrogens (tertiary/aromatic N) is 2. The molecule has 1 unspecified atom stereocenters. The van der Waals surface area contributed by atoms with Crippen LogP contribution in [0.25, 0.3) is 10.6 Å². The van der Waals surface area contributed by atoms with Crippen molar-refractivity contribution >= 4 is 23.2 Å². The van der Waals surface area contributed by atoms with Gasteiger partial charge in [0.2, 0.25) is 0 Å². The molecular weight excluding hydrogens is 452 g/mol. The predicted molar refractivity (Wildman–Crippen MR) is 130 cm³/mol. The van der Waals surface area contributed by atoms with E-state index in [-0.39, 0.29) is 25.2 Å². The number of thiazole rings is 1. The number of hydrogen-bond donors (Lipinski definition) is 1. The number of aromatic nitrogens is 1. The minimum absolute atomic E-state index is 0.128. The second-order valence-corrected chi connectivity index (χ2v) is 9.74. The molecule has 0 saturated heterocycles. The molecule has 1 amide bonds. The number of aliphatic carboxylic acids is 1. The zero-order valence-corrected chi connectivity index (χ0v) is 20.5. The molecule has 1 atom stereocenters. The Morgan fingerprint density at radius 3 is 2.71 bits per heavy atom. The molecule has 1 aliphatic heterocycles. The molecule has 0 radical (unpaired) electrons. The maximum Gasteiger partial charge on any atom is 0.333 e. The van der Waals surface area contributed by atoms with Gasteiger partial charge in [0.15, 0.2) is 12.8 Å². The Balaban J connectivity index is 1.52. The van der Waals surface area contributed by atoms with Crippen LogP contribution >= 0.6 is 11.3 Å². The number of carbonyl (C=O) groups excluding carboxylic acids is 1. The third-order valence-corrected chi connectivity index (χ3v) is 6.73. The van der Waals surface area contributed by atoms with Crippen molar-refractivity contribution in [2.45, 2.75) is 52.9 Å². The first-order valence-corrected chi connectivity index (χ1v) is 12.0. The monoisotopic (exact) mass is 480 g/mol. The molecule has 2 heterocycles. The van der Waals surface area contributed by atoms with Crippen molar-refractivity contribution in [1.29, 1.82) is 0 Å². The van der Waals surface area contributed by atoms with Gasteiger partial charge in [0.1, 0.15) is 15.6 Å². The van der Waals surface area contributed by atoms with Crippen LogP contribution in [0.4, 0.5) is 0 Å². The lowest BCUT2D eigenvalue weighted by atomic mass is 10.0.